The van der Waals surface area contributed by atoms with Gasteiger partial charge in [-0.05, 0) is 17.7 Å². The van der Waals surface area contributed by atoms with Crippen molar-refractivity contribution in [3.05, 3.63) is 35.8 Å². The Morgan fingerprint density at radius 3 is 2.45 bits per heavy atom. The minimum atomic E-state index is 0.746. The number of allylic oxidation sites excluding steroid dienone is 4. The van der Waals surface area contributed by atoms with Crippen molar-refractivity contribution in [2.24, 2.45) is 0 Å². The van der Waals surface area contributed by atoms with E-state index in [1.54, 1.807) is 14.2 Å². The number of methoxy groups -OCH3 is 2. The fraction of sp³-hybridized carbons (Fsp3) is 0.333. The third kappa shape index (κ3) is 1.64. The molecule has 0 unspecified atom stereocenters. The molecule has 2 heteroatoms. The first-order valence-electron chi connectivity index (χ1n) is 3.45. The molecule has 0 aromatic heterocycles. The maximum atomic E-state index is 5.06. The Hall–Kier alpha value is -1.18. The third-order valence-corrected chi connectivity index (χ3v) is 1.64. The Kier molecular flexibility index (Phi) is 2.36. The van der Waals surface area contributed by atoms with Crippen LogP contribution in [-0.4, -0.2) is 14.2 Å². The van der Waals surface area contributed by atoms with Crippen LogP contribution in [0.1, 0.15) is 6.42 Å². The van der Waals surface area contributed by atoms with Gasteiger partial charge in [0.05, 0.1) is 14.2 Å². The molecule has 0 amide bonds. The molecule has 0 fully saturated rings. The molecule has 60 valence electrons. The molecular formula is C9H12O2. The molecule has 0 N–H and O–H groups in total. The second-order valence-electron chi connectivity index (χ2n) is 2.35. The second-order valence-corrected chi connectivity index (χ2v) is 2.35. The average Bonchev–Trinajstić information content (AvgIpc) is 2.04. The van der Waals surface area contributed by atoms with Crippen molar-refractivity contribution in [2.75, 3.05) is 14.2 Å². The van der Waals surface area contributed by atoms with Crippen molar-refractivity contribution in [1.29, 1.82) is 0 Å². The van der Waals surface area contributed by atoms with Gasteiger partial charge in [0.15, 0.2) is 0 Å². The number of hydrogen-bond donors (Lipinski definition) is 0. The van der Waals surface area contributed by atoms with Gasteiger partial charge in [0.25, 0.3) is 0 Å². The highest BCUT2D eigenvalue weighted by Gasteiger charge is 2.09. The van der Waals surface area contributed by atoms with Crippen molar-refractivity contribution >= 4 is 0 Å². The summed E-state index contributed by atoms with van der Waals surface area (Å²) in [4.78, 5) is 0. The lowest BCUT2D eigenvalue weighted by Crippen LogP contribution is -1.99. The van der Waals surface area contributed by atoms with Gasteiger partial charge in [-0.3, -0.25) is 0 Å². The van der Waals surface area contributed by atoms with Crippen LogP contribution in [-0.2, 0) is 9.47 Å². The van der Waals surface area contributed by atoms with Crippen molar-refractivity contribution < 1.29 is 9.47 Å². The summed E-state index contributed by atoms with van der Waals surface area (Å²) in [6.45, 7) is 3.85. The molecule has 0 atom stereocenters. The zero-order chi connectivity index (χ0) is 8.27. The van der Waals surface area contributed by atoms with E-state index in [0.29, 0.717) is 0 Å². The van der Waals surface area contributed by atoms with Gasteiger partial charge in [0, 0.05) is 6.42 Å². The summed E-state index contributed by atoms with van der Waals surface area (Å²) in [6.07, 6.45) is 4.51. The first kappa shape index (κ1) is 7.92. The molecule has 1 rings (SSSR count). The van der Waals surface area contributed by atoms with Gasteiger partial charge in [0.2, 0.25) is 0 Å². The van der Waals surface area contributed by atoms with E-state index < -0.39 is 0 Å². The lowest BCUT2D eigenvalue weighted by Gasteiger charge is -2.14. The highest BCUT2D eigenvalue weighted by molar-refractivity contribution is 5.35. The summed E-state index contributed by atoms with van der Waals surface area (Å²) in [7, 11) is 3.30. The first-order valence-corrected chi connectivity index (χ1v) is 3.45. The van der Waals surface area contributed by atoms with Crippen molar-refractivity contribution in [1.82, 2.24) is 0 Å². The summed E-state index contributed by atoms with van der Waals surface area (Å²) in [5.41, 5.74) is 0.965. The van der Waals surface area contributed by atoms with E-state index in [4.69, 9.17) is 9.47 Å². The zero-order valence-corrected chi connectivity index (χ0v) is 6.89. The number of ether oxygens (including phenoxy) is 2. The average molecular weight is 152 g/mol. The molecule has 0 heterocycles. The molecule has 0 aromatic carbocycles. The van der Waals surface area contributed by atoms with Gasteiger partial charge >= 0.3 is 0 Å². The van der Waals surface area contributed by atoms with Gasteiger partial charge in [-0.25, -0.2) is 0 Å². The normalized spacial score (nSPS) is 17.1. The maximum Gasteiger partial charge on any atom is 0.122 e. The van der Waals surface area contributed by atoms with Gasteiger partial charge in [-0.15, -0.1) is 0 Å². The Balaban J connectivity index is 2.77. The monoisotopic (exact) mass is 152 g/mol. The Morgan fingerprint density at radius 2 is 2.00 bits per heavy atom. The fourth-order valence-electron chi connectivity index (χ4n) is 0.995. The van der Waals surface area contributed by atoms with Gasteiger partial charge < -0.3 is 9.47 Å². The third-order valence-electron chi connectivity index (χ3n) is 1.64. The van der Waals surface area contributed by atoms with E-state index in [1.807, 2.05) is 12.2 Å². The van der Waals surface area contributed by atoms with E-state index in [0.717, 1.165) is 23.5 Å². The Bertz CT molecular complexity index is 224. The van der Waals surface area contributed by atoms with E-state index in [-0.39, 0.29) is 0 Å². The predicted molar refractivity (Wildman–Crippen MR) is 43.9 cm³/mol. The molecule has 1 aliphatic carbocycles. The molecule has 0 aromatic rings. The van der Waals surface area contributed by atoms with Gasteiger partial charge in [-0.1, -0.05) is 6.58 Å². The summed E-state index contributed by atoms with van der Waals surface area (Å²) >= 11 is 0. The largest absolute Gasteiger partial charge is 0.501 e. The van der Waals surface area contributed by atoms with Gasteiger partial charge in [-0.2, -0.15) is 0 Å². The quantitative estimate of drug-likeness (QED) is 0.602. The molecule has 0 aliphatic heterocycles. The summed E-state index contributed by atoms with van der Waals surface area (Å²) in [6, 6.07) is 0. The van der Waals surface area contributed by atoms with Crippen LogP contribution in [0.3, 0.4) is 0 Å². The molecule has 1 aliphatic rings. The van der Waals surface area contributed by atoms with Gasteiger partial charge in [0.1, 0.15) is 11.5 Å². The maximum absolute atomic E-state index is 5.06. The summed E-state index contributed by atoms with van der Waals surface area (Å²) in [5, 5.41) is 0. The van der Waals surface area contributed by atoms with Crippen molar-refractivity contribution in [2.45, 2.75) is 6.42 Å². The summed E-state index contributed by atoms with van der Waals surface area (Å²) in [5.74, 6) is 1.77. The van der Waals surface area contributed by atoms with Crippen LogP contribution in [0.25, 0.3) is 0 Å². The molecule has 0 saturated carbocycles. The predicted octanol–water partition coefficient (Wildman–Crippen LogP) is 2.01. The SMILES string of the molecule is C=C1CC(OC)=CC=C1OC. The van der Waals surface area contributed by atoms with Crippen LogP contribution in [0, 0.1) is 0 Å². The molecular weight excluding hydrogens is 140 g/mol. The molecule has 0 radical (unpaired) electrons. The van der Waals surface area contributed by atoms with Crippen LogP contribution in [0.4, 0.5) is 0 Å². The lowest BCUT2D eigenvalue weighted by molar-refractivity contribution is 0.266. The second kappa shape index (κ2) is 3.28. The smallest absolute Gasteiger partial charge is 0.122 e. The van der Waals surface area contributed by atoms with Crippen LogP contribution in [0.2, 0.25) is 0 Å². The van der Waals surface area contributed by atoms with E-state index in [9.17, 15) is 0 Å². The molecule has 0 bridgehead atoms. The highest BCUT2D eigenvalue weighted by Crippen LogP contribution is 2.23. The lowest BCUT2D eigenvalue weighted by atomic mass is 10.1. The first-order chi connectivity index (χ1) is 5.27. The highest BCUT2D eigenvalue weighted by atomic mass is 16.5. The fourth-order valence-corrected chi connectivity index (χ4v) is 0.995. The Morgan fingerprint density at radius 1 is 1.27 bits per heavy atom. The van der Waals surface area contributed by atoms with E-state index >= 15 is 0 Å². The number of rotatable bonds is 2. The topological polar surface area (TPSA) is 18.5 Å². The molecule has 2 nitrogen and oxygen atoms in total. The molecule has 0 saturated heterocycles. The number of hydrogen-bond acceptors (Lipinski definition) is 2. The standard InChI is InChI=1S/C9H12O2/c1-7-6-8(10-2)4-5-9(7)11-3/h4-5H,1,6H2,2-3H3. The molecule has 0 spiro atoms. The van der Waals surface area contributed by atoms with Crippen LogP contribution in [0.5, 0.6) is 0 Å². The minimum Gasteiger partial charge on any atom is -0.501 e. The van der Waals surface area contributed by atoms with Crippen molar-refractivity contribution in [3.63, 3.8) is 0 Å². The van der Waals surface area contributed by atoms with Crippen LogP contribution in [0.15, 0.2) is 35.8 Å². The zero-order valence-electron chi connectivity index (χ0n) is 6.89. The molecule has 11 heavy (non-hydrogen) atoms. The van der Waals surface area contributed by atoms with Crippen molar-refractivity contribution in [3.8, 4) is 0 Å². The van der Waals surface area contributed by atoms with Crippen LogP contribution < -0.4 is 0 Å². The minimum absolute atomic E-state index is 0.746. The van der Waals surface area contributed by atoms with E-state index in [2.05, 4.69) is 6.58 Å². The summed E-state index contributed by atoms with van der Waals surface area (Å²) < 4.78 is 10.1. The van der Waals surface area contributed by atoms with E-state index in [1.165, 1.54) is 0 Å². The van der Waals surface area contributed by atoms with Crippen LogP contribution >= 0.6 is 0 Å². The Labute approximate surface area is 66.8 Å².